The standard InChI is InChI=1S/C21H26ClN5O3/c1-23-20(15-27(12-13-28)21(29)30)26-10-8-25(9-11-26)19-7-4-17(14-24-19)16-2-5-18(22)6-3-16/h2-7,13-14,20,23H,8-12,15H2,1H3,(H,29,30). The van der Waals surface area contributed by atoms with E-state index in [1.54, 1.807) is 7.05 Å². The molecule has 0 spiro atoms. The highest BCUT2D eigenvalue weighted by Crippen LogP contribution is 2.23. The van der Waals surface area contributed by atoms with Gasteiger partial charge in [0.2, 0.25) is 0 Å². The molecular weight excluding hydrogens is 406 g/mol. The molecule has 1 atom stereocenters. The van der Waals surface area contributed by atoms with E-state index in [0.29, 0.717) is 11.3 Å². The molecule has 1 unspecified atom stereocenters. The van der Waals surface area contributed by atoms with Gasteiger partial charge in [-0.05, 0) is 36.9 Å². The molecule has 30 heavy (non-hydrogen) atoms. The second-order valence-electron chi connectivity index (χ2n) is 7.09. The van der Waals surface area contributed by atoms with Crippen LogP contribution in [0.25, 0.3) is 11.1 Å². The van der Waals surface area contributed by atoms with Crippen molar-refractivity contribution in [2.45, 2.75) is 6.17 Å². The van der Waals surface area contributed by atoms with Gasteiger partial charge in [0.15, 0.2) is 0 Å². The first-order chi connectivity index (χ1) is 14.5. The predicted molar refractivity (Wildman–Crippen MR) is 117 cm³/mol. The summed E-state index contributed by atoms with van der Waals surface area (Å²) in [6, 6.07) is 11.7. The van der Waals surface area contributed by atoms with Gasteiger partial charge in [0, 0.05) is 43.0 Å². The van der Waals surface area contributed by atoms with Crippen LogP contribution in [-0.2, 0) is 4.79 Å². The summed E-state index contributed by atoms with van der Waals surface area (Å²) in [5.74, 6) is 0.918. The minimum atomic E-state index is -1.09. The number of hydrogen-bond donors (Lipinski definition) is 2. The van der Waals surface area contributed by atoms with Crippen LogP contribution >= 0.6 is 11.6 Å². The van der Waals surface area contributed by atoms with Crippen LogP contribution in [0.15, 0.2) is 42.6 Å². The Hall–Kier alpha value is -2.68. The van der Waals surface area contributed by atoms with Gasteiger partial charge in [0.05, 0.1) is 19.3 Å². The maximum atomic E-state index is 11.3. The van der Waals surface area contributed by atoms with Crippen molar-refractivity contribution in [2.75, 3.05) is 51.2 Å². The first-order valence-corrected chi connectivity index (χ1v) is 10.2. The summed E-state index contributed by atoms with van der Waals surface area (Å²) in [4.78, 5) is 32.2. The monoisotopic (exact) mass is 431 g/mol. The lowest BCUT2D eigenvalue weighted by Gasteiger charge is -2.40. The zero-order valence-corrected chi connectivity index (χ0v) is 17.6. The lowest BCUT2D eigenvalue weighted by atomic mass is 10.1. The van der Waals surface area contributed by atoms with E-state index in [0.717, 1.165) is 48.0 Å². The molecular formula is C21H26ClN5O3. The smallest absolute Gasteiger partial charge is 0.407 e. The fourth-order valence-corrected chi connectivity index (χ4v) is 3.69. The van der Waals surface area contributed by atoms with Crippen LogP contribution in [0.5, 0.6) is 0 Å². The van der Waals surface area contributed by atoms with E-state index < -0.39 is 6.09 Å². The molecule has 0 bridgehead atoms. The molecule has 0 saturated carbocycles. The number of carbonyl (C=O) groups is 2. The van der Waals surface area contributed by atoms with Crippen molar-refractivity contribution < 1.29 is 14.7 Å². The van der Waals surface area contributed by atoms with Crippen molar-refractivity contribution in [2.24, 2.45) is 0 Å². The summed E-state index contributed by atoms with van der Waals surface area (Å²) in [6.45, 7) is 3.20. The van der Waals surface area contributed by atoms with Gasteiger partial charge in [0.25, 0.3) is 0 Å². The molecule has 2 aromatic rings. The molecule has 1 aromatic heterocycles. The van der Waals surface area contributed by atoms with Crippen molar-refractivity contribution in [3.05, 3.63) is 47.6 Å². The van der Waals surface area contributed by atoms with Gasteiger partial charge in [-0.1, -0.05) is 23.7 Å². The molecule has 160 valence electrons. The Kier molecular flexibility index (Phi) is 7.62. The maximum Gasteiger partial charge on any atom is 0.407 e. The van der Waals surface area contributed by atoms with E-state index in [2.05, 4.69) is 26.2 Å². The summed E-state index contributed by atoms with van der Waals surface area (Å²) in [6.07, 6.45) is 1.23. The number of amides is 1. The van der Waals surface area contributed by atoms with Crippen LogP contribution in [0.1, 0.15) is 0 Å². The summed E-state index contributed by atoms with van der Waals surface area (Å²) in [7, 11) is 1.80. The lowest BCUT2D eigenvalue weighted by Crippen LogP contribution is -2.58. The molecule has 9 heteroatoms. The third kappa shape index (κ3) is 5.47. The lowest BCUT2D eigenvalue weighted by molar-refractivity contribution is -0.108. The zero-order chi connectivity index (χ0) is 21.5. The first-order valence-electron chi connectivity index (χ1n) is 9.81. The fraction of sp³-hybridized carbons (Fsp3) is 0.381. The van der Waals surface area contributed by atoms with Crippen LogP contribution in [0.2, 0.25) is 5.02 Å². The van der Waals surface area contributed by atoms with Gasteiger partial charge < -0.3 is 20.1 Å². The Labute approximate surface area is 181 Å². The Morgan fingerprint density at radius 1 is 1.20 bits per heavy atom. The second-order valence-corrected chi connectivity index (χ2v) is 7.53. The van der Waals surface area contributed by atoms with Gasteiger partial charge in [-0.25, -0.2) is 9.78 Å². The molecule has 1 aliphatic heterocycles. The number of halogens is 1. The third-order valence-electron chi connectivity index (χ3n) is 5.30. The van der Waals surface area contributed by atoms with E-state index in [-0.39, 0.29) is 19.3 Å². The Bertz CT molecular complexity index is 839. The predicted octanol–water partition coefficient (Wildman–Crippen LogP) is 2.25. The van der Waals surface area contributed by atoms with Crippen molar-refractivity contribution in [1.29, 1.82) is 0 Å². The van der Waals surface area contributed by atoms with E-state index in [1.165, 1.54) is 0 Å². The summed E-state index contributed by atoms with van der Waals surface area (Å²) in [5, 5.41) is 13.1. The Morgan fingerprint density at radius 3 is 2.40 bits per heavy atom. The highest BCUT2D eigenvalue weighted by atomic mass is 35.5. The number of pyridine rings is 1. The number of nitrogens with one attached hydrogen (secondary N) is 1. The topological polar surface area (TPSA) is 89.0 Å². The van der Waals surface area contributed by atoms with E-state index >= 15 is 0 Å². The number of nitrogens with zero attached hydrogens (tertiary/aromatic N) is 4. The van der Waals surface area contributed by atoms with Crippen molar-refractivity contribution in [3.63, 3.8) is 0 Å². The Balaban J connectivity index is 1.58. The molecule has 1 saturated heterocycles. The number of likely N-dealkylation sites (N-methyl/N-ethyl adjacent to an activating group) is 1. The average Bonchev–Trinajstić information content (AvgIpc) is 2.77. The molecule has 1 amide bonds. The van der Waals surface area contributed by atoms with Gasteiger partial charge in [0.1, 0.15) is 12.1 Å². The minimum Gasteiger partial charge on any atom is -0.465 e. The molecule has 0 radical (unpaired) electrons. The summed E-state index contributed by atoms with van der Waals surface area (Å²) < 4.78 is 0. The van der Waals surface area contributed by atoms with Crippen LogP contribution in [0.4, 0.5) is 10.6 Å². The number of rotatable bonds is 8. The SMILES string of the molecule is CNC(CN(CC=O)C(=O)O)N1CCN(c2ccc(-c3ccc(Cl)cc3)cn2)CC1. The van der Waals surface area contributed by atoms with Crippen LogP contribution in [0, 0.1) is 0 Å². The maximum absolute atomic E-state index is 11.3. The first kappa shape index (κ1) is 22.0. The van der Waals surface area contributed by atoms with Crippen molar-refractivity contribution in [1.82, 2.24) is 20.1 Å². The van der Waals surface area contributed by atoms with E-state index in [9.17, 15) is 14.7 Å². The number of aromatic nitrogens is 1. The Morgan fingerprint density at radius 2 is 1.87 bits per heavy atom. The minimum absolute atomic E-state index is 0.128. The number of benzene rings is 1. The molecule has 8 nitrogen and oxygen atoms in total. The van der Waals surface area contributed by atoms with Gasteiger partial charge in [-0.3, -0.25) is 9.80 Å². The number of hydrogen-bond acceptors (Lipinski definition) is 6. The number of piperazine rings is 1. The van der Waals surface area contributed by atoms with Gasteiger partial charge in [-0.15, -0.1) is 0 Å². The highest BCUT2D eigenvalue weighted by Gasteiger charge is 2.26. The number of aldehydes is 1. The third-order valence-corrected chi connectivity index (χ3v) is 5.55. The highest BCUT2D eigenvalue weighted by molar-refractivity contribution is 6.30. The zero-order valence-electron chi connectivity index (χ0n) is 16.9. The van der Waals surface area contributed by atoms with Crippen molar-refractivity contribution >= 4 is 29.8 Å². The van der Waals surface area contributed by atoms with Gasteiger partial charge >= 0.3 is 6.09 Å². The van der Waals surface area contributed by atoms with Crippen molar-refractivity contribution in [3.8, 4) is 11.1 Å². The van der Waals surface area contributed by atoms with E-state index in [1.807, 2.05) is 36.5 Å². The number of carbonyl (C=O) groups excluding carboxylic acids is 1. The molecule has 0 aliphatic carbocycles. The molecule has 2 heterocycles. The number of carboxylic acid groups (broad SMARTS) is 1. The van der Waals surface area contributed by atoms with Gasteiger partial charge in [-0.2, -0.15) is 0 Å². The van der Waals surface area contributed by atoms with Crippen LogP contribution in [-0.4, -0.2) is 84.8 Å². The molecule has 2 N–H and O–H groups in total. The van der Waals surface area contributed by atoms with Crippen LogP contribution in [0.3, 0.4) is 0 Å². The normalized spacial score (nSPS) is 15.6. The second kappa shape index (κ2) is 10.4. The van der Waals surface area contributed by atoms with E-state index in [4.69, 9.17) is 11.6 Å². The quantitative estimate of drug-likeness (QED) is 0.619. The molecule has 1 aliphatic rings. The number of anilines is 1. The molecule has 3 rings (SSSR count). The average molecular weight is 432 g/mol. The summed E-state index contributed by atoms with van der Waals surface area (Å²) >= 11 is 5.95. The fourth-order valence-electron chi connectivity index (χ4n) is 3.57. The largest absolute Gasteiger partial charge is 0.465 e. The summed E-state index contributed by atoms with van der Waals surface area (Å²) in [5.41, 5.74) is 2.10. The molecule has 1 aromatic carbocycles. The van der Waals surface area contributed by atoms with Crippen LogP contribution < -0.4 is 10.2 Å². The molecule has 1 fully saturated rings.